The summed E-state index contributed by atoms with van der Waals surface area (Å²) in [4.78, 5) is 4.28. The zero-order chi connectivity index (χ0) is 14.7. The zero-order valence-electron chi connectivity index (χ0n) is 13.7. The van der Waals surface area contributed by atoms with Crippen LogP contribution >= 0.6 is 24.0 Å². The number of nitrogens with one attached hydrogen (secondary N) is 2. The molecule has 0 radical (unpaired) electrons. The van der Waals surface area contributed by atoms with Gasteiger partial charge in [0.25, 0.3) is 0 Å². The van der Waals surface area contributed by atoms with E-state index in [1.807, 2.05) is 14.0 Å². The van der Waals surface area contributed by atoms with E-state index >= 15 is 0 Å². The van der Waals surface area contributed by atoms with E-state index < -0.39 is 0 Å². The summed E-state index contributed by atoms with van der Waals surface area (Å²) in [6.45, 7) is 10.5. The van der Waals surface area contributed by atoms with Gasteiger partial charge in [0.2, 0.25) is 0 Å². The molecule has 3 atom stereocenters. The van der Waals surface area contributed by atoms with Crippen LogP contribution in [0.5, 0.6) is 0 Å². The molecule has 1 fully saturated rings. The summed E-state index contributed by atoms with van der Waals surface area (Å²) in [7, 11) is 1.83. The lowest BCUT2D eigenvalue weighted by Crippen LogP contribution is -2.41. The predicted octanol–water partition coefficient (Wildman–Crippen LogP) is 2.33. The van der Waals surface area contributed by atoms with Crippen molar-refractivity contribution in [3.8, 4) is 0 Å². The van der Waals surface area contributed by atoms with E-state index in [-0.39, 0.29) is 24.0 Å². The minimum Gasteiger partial charge on any atom is -0.356 e. The van der Waals surface area contributed by atoms with Crippen molar-refractivity contribution < 1.29 is 0 Å². The normalized spacial score (nSPS) is 22.4. The predicted molar refractivity (Wildman–Crippen MR) is 98.3 cm³/mol. The summed E-state index contributed by atoms with van der Waals surface area (Å²) in [6, 6.07) is 2.72. The molecule has 1 aromatic heterocycles. The van der Waals surface area contributed by atoms with Crippen LogP contribution < -0.4 is 10.6 Å². The lowest BCUT2D eigenvalue weighted by atomic mass is 10.2. The molecule has 1 aromatic rings. The molecule has 1 heterocycles. The van der Waals surface area contributed by atoms with Crippen LogP contribution in [-0.2, 0) is 6.54 Å². The van der Waals surface area contributed by atoms with Crippen LogP contribution in [0.1, 0.15) is 31.7 Å². The van der Waals surface area contributed by atoms with E-state index in [1.165, 1.54) is 12.1 Å². The van der Waals surface area contributed by atoms with Crippen LogP contribution in [0.2, 0.25) is 0 Å². The van der Waals surface area contributed by atoms with E-state index in [1.54, 1.807) is 0 Å². The second kappa shape index (κ2) is 8.00. The first-order valence-corrected chi connectivity index (χ1v) is 7.47. The second-order valence-corrected chi connectivity index (χ2v) is 6.13. The lowest BCUT2D eigenvalue weighted by molar-refractivity contribution is 0.435. The molecule has 3 unspecified atom stereocenters. The number of halogens is 1. The molecule has 2 rings (SSSR count). The molecule has 6 heteroatoms. The first kappa shape index (κ1) is 18.3. The van der Waals surface area contributed by atoms with Gasteiger partial charge in [-0.25, -0.2) is 0 Å². The van der Waals surface area contributed by atoms with Gasteiger partial charge in [-0.1, -0.05) is 13.8 Å². The van der Waals surface area contributed by atoms with Crippen molar-refractivity contribution in [2.24, 2.45) is 16.8 Å². The summed E-state index contributed by atoms with van der Waals surface area (Å²) in [5.74, 6) is 2.20. The van der Waals surface area contributed by atoms with Crippen molar-refractivity contribution in [3.63, 3.8) is 0 Å². The Morgan fingerprint density at radius 1 is 1.52 bits per heavy atom. The molecule has 120 valence electrons. The highest BCUT2D eigenvalue weighted by Gasteiger charge is 2.33. The van der Waals surface area contributed by atoms with Gasteiger partial charge < -0.3 is 10.6 Å². The molecule has 0 bridgehead atoms. The molecule has 0 aromatic carbocycles. The quantitative estimate of drug-likeness (QED) is 0.449. The minimum atomic E-state index is 0. The maximum absolute atomic E-state index is 4.51. The van der Waals surface area contributed by atoms with E-state index in [9.17, 15) is 0 Å². The van der Waals surface area contributed by atoms with E-state index in [0.29, 0.717) is 12.0 Å². The lowest BCUT2D eigenvalue weighted by Gasteiger charge is -2.16. The van der Waals surface area contributed by atoms with Gasteiger partial charge in [-0.15, -0.1) is 24.0 Å². The fourth-order valence-electron chi connectivity index (χ4n) is 2.38. The van der Waals surface area contributed by atoms with Gasteiger partial charge in [-0.3, -0.25) is 9.67 Å². The number of hydrogen-bond acceptors (Lipinski definition) is 2. The largest absolute Gasteiger partial charge is 0.356 e. The van der Waals surface area contributed by atoms with Crippen molar-refractivity contribution >= 4 is 29.9 Å². The molecule has 5 nitrogen and oxygen atoms in total. The fraction of sp³-hybridized carbons (Fsp3) is 0.733. The molecule has 0 aliphatic heterocycles. The summed E-state index contributed by atoms with van der Waals surface area (Å²) in [5, 5.41) is 11.4. The maximum Gasteiger partial charge on any atom is 0.191 e. The first-order valence-electron chi connectivity index (χ1n) is 7.47. The second-order valence-electron chi connectivity index (χ2n) is 6.13. The number of nitrogens with zero attached hydrogens (tertiary/aromatic N) is 3. The van der Waals surface area contributed by atoms with Gasteiger partial charge in [0.15, 0.2) is 5.96 Å². The molecule has 0 amide bonds. The summed E-state index contributed by atoms with van der Waals surface area (Å²) in [5.41, 5.74) is 2.31. The number of hydrogen-bond donors (Lipinski definition) is 2. The minimum absolute atomic E-state index is 0. The highest BCUT2D eigenvalue weighted by atomic mass is 127. The Morgan fingerprint density at radius 3 is 2.67 bits per heavy atom. The molecule has 2 N–H and O–H groups in total. The van der Waals surface area contributed by atoms with Gasteiger partial charge in [0.05, 0.1) is 5.69 Å². The Labute approximate surface area is 145 Å². The highest BCUT2D eigenvalue weighted by Crippen LogP contribution is 2.28. The van der Waals surface area contributed by atoms with Crippen LogP contribution in [0.3, 0.4) is 0 Å². The monoisotopic (exact) mass is 405 g/mol. The van der Waals surface area contributed by atoms with Gasteiger partial charge in [0, 0.05) is 31.9 Å². The van der Waals surface area contributed by atoms with Crippen molar-refractivity contribution in [2.45, 2.75) is 46.7 Å². The third-order valence-corrected chi connectivity index (χ3v) is 3.86. The number of aromatic nitrogens is 2. The Kier molecular flexibility index (Phi) is 6.96. The fourth-order valence-corrected chi connectivity index (χ4v) is 2.38. The summed E-state index contributed by atoms with van der Waals surface area (Å²) >= 11 is 0. The Hall–Kier alpha value is -0.790. The number of rotatable bonds is 5. The average molecular weight is 405 g/mol. The first-order chi connectivity index (χ1) is 9.49. The van der Waals surface area contributed by atoms with Crippen molar-refractivity contribution in [2.75, 3.05) is 13.6 Å². The van der Waals surface area contributed by atoms with E-state index in [2.05, 4.69) is 52.2 Å². The Morgan fingerprint density at radius 2 is 2.19 bits per heavy atom. The molecule has 1 aliphatic rings. The molecule has 1 saturated carbocycles. The zero-order valence-corrected chi connectivity index (χ0v) is 16.0. The number of aliphatic imine (C=N–C) groups is 1. The highest BCUT2D eigenvalue weighted by molar-refractivity contribution is 14.0. The smallest absolute Gasteiger partial charge is 0.191 e. The van der Waals surface area contributed by atoms with Crippen LogP contribution in [0, 0.1) is 25.7 Å². The SMILES string of the molecule is CN=C(NCC(C)Cn1nc(C)cc1C)NC1CC1C.I. The van der Waals surface area contributed by atoms with E-state index in [0.717, 1.165) is 30.7 Å². The van der Waals surface area contributed by atoms with Crippen LogP contribution in [-0.4, -0.2) is 35.4 Å². The summed E-state index contributed by atoms with van der Waals surface area (Å²) in [6.07, 6.45) is 1.25. The molecular weight excluding hydrogens is 377 g/mol. The maximum atomic E-state index is 4.51. The van der Waals surface area contributed by atoms with Gasteiger partial charge >= 0.3 is 0 Å². The third kappa shape index (κ3) is 5.48. The van der Waals surface area contributed by atoms with Gasteiger partial charge in [-0.2, -0.15) is 5.10 Å². The molecule has 1 aliphatic carbocycles. The molecule has 0 spiro atoms. The van der Waals surface area contributed by atoms with Gasteiger partial charge in [0.1, 0.15) is 0 Å². The third-order valence-electron chi connectivity index (χ3n) is 3.86. The number of guanidine groups is 1. The van der Waals surface area contributed by atoms with Gasteiger partial charge in [-0.05, 0) is 38.2 Å². The van der Waals surface area contributed by atoms with Crippen molar-refractivity contribution in [1.82, 2.24) is 20.4 Å². The standard InChI is InChI=1S/C15H27N5.HI/c1-10(9-20-13(4)7-12(3)19-20)8-17-15(16-5)18-14-6-11(14)2;/h7,10-11,14H,6,8-9H2,1-5H3,(H2,16,17,18);1H. The van der Waals surface area contributed by atoms with Crippen LogP contribution in [0.4, 0.5) is 0 Å². The molecule has 21 heavy (non-hydrogen) atoms. The van der Waals surface area contributed by atoms with Crippen molar-refractivity contribution in [1.29, 1.82) is 0 Å². The average Bonchev–Trinajstić information content (AvgIpc) is 2.99. The Bertz CT molecular complexity index is 482. The molecule has 0 saturated heterocycles. The van der Waals surface area contributed by atoms with Crippen LogP contribution in [0.15, 0.2) is 11.1 Å². The number of aryl methyl sites for hydroxylation is 2. The summed E-state index contributed by atoms with van der Waals surface area (Å²) < 4.78 is 2.08. The van der Waals surface area contributed by atoms with Crippen LogP contribution in [0.25, 0.3) is 0 Å². The topological polar surface area (TPSA) is 54.2 Å². The van der Waals surface area contributed by atoms with Crippen molar-refractivity contribution in [3.05, 3.63) is 17.5 Å². The van der Waals surface area contributed by atoms with E-state index in [4.69, 9.17) is 0 Å². The molecular formula is C15H28IN5. The Balaban J connectivity index is 0.00000220.